The molecule has 0 saturated heterocycles. The molecule has 0 bridgehead atoms. The molecule has 0 aliphatic heterocycles. The monoisotopic (exact) mass is 387 g/mol. The van der Waals surface area contributed by atoms with Gasteiger partial charge in [-0.1, -0.05) is 66.7 Å². The number of aromatic nitrogens is 1. The highest BCUT2D eigenvalue weighted by molar-refractivity contribution is 6.05. The number of hydrogen-bond donors (Lipinski definition) is 0. The lowest BCUT2D eigenvalue weighted by Crippen LogP contribution is -2.28. The lowest BCUT2D eigenvalue weighted by atomic mass is 10.1. The van der Waals surface area contributed by atoms with Crippen LogP contribution in [-0.4, -0.2) is 4.57 Å². The molecule has 1 heterocycles. The molecule has 0 atom stereocenters. The second kappa shape index (κ2) is 6.26. The van der Waals surface area contributed by atoms with Gasteiger partial charge in [0.2, 0.25) is 0 Å². The molecule has 0 N–H and O–H groups in total. The largest absolute Gasteiger partial charge is 0.268 e. The molecule has 3 nitrogen and oxygen atoms in total. The van der Waals surface area contributed by atoms with E-state index in [1.54, 1.807) is 12.1 Å². The Kier molecular flexibility index (Phi) is 3.53. The lowest BCUT2D eigenvalue weighted by Gasteiger charge is -2.06. The van der Waals surface area contributed by atoms with Crippen molar-refractivity contribution in [2.45, 2.75) is 6.42 Å². The Morgan fingerprint density at radius 1 is 0.533 bits per heavy atom. The van der Waals surface area contributed by atoms with Crippen LogP contribution in [0.15, 0.2) is 101 Å². The molecule has 0 saturated carbocycles. The minimum atomic E-state index is -0.290. The maximum absolute atomic E-state index is 13.5. The third kappa shape index (κ3) is 2.32. The highest BCUT2D eigenvalue weighted by Crippen LogP contribution is 2.37. The summed E-state index contributed by atoms with van der Waals surface area (Å²) < 4.78 is 1.33. The first-order chi connectivity index (χ1) is 14.7. The van der Waals surface area contributed by atoms with Crippen LogP contribution in [0.5, 0.6) is 0 Å². The van der Waals surface area contributed by atoms with E-state index in [1.807, 2.05) is 66.7 Å². The van der Waals surface area contributed by atoms with Crippen molar-refractivity contribution in [1.29, 1.82) is 0 Å². The van der Waals surface area contributed by atoms with Crippen LogP contribution in [0.2, 0.25) is 0 Å². The summed E-state index contributed by atoms with van der Waals surface area (Å²) in [5.41, 5.74) is 4.84. The topological polar surface area (TPSA) is 39.1 Å². The molecule has 1 aromatic heterocycles. The van der Waals surface area contributed by atoms with E-state index >= 15 is 0 Å². The molecule has 5 aromatic rings. The Bertz CT molecular complexity index is 1540. The summed E-state index contributed by atoms with van der Waals surface area (Å²) in [4.78, 5) is 27.1. The van der Waals surface area contributed by atoms with Crippen LogP contribution in [0.1, 0.15) is 11.1 Å². The number of fused-ring (bicyclic) bond motifs is 6. The van der Waals surface area contributed by atoms with Gasteiger partial charge in [-0.2, -0.15) is 0 Å². The molecule has 1 aliphatic carbocycles. The van der Waals surface area contributed by atoms with Crippen molar-refractivity contribution >= 4 is 21.5 Å². The van der Waals surface area contributed by atoms with Gasteiger partial charge in [-0.05, 0) is 63.7 Å². The van der Waals surface area contributed by atoms with E-state index in [4.69, 9.17) is 0 Å². The number of nitrogens with zero attached hydrogens (tertiary/aromatic N) is 1. The maximum Gasteiger partial charge on any atom is 0.265 e. The minimum Gasteiger partial charge on any atom is -0.268 e. The van der Waals surface area contributed by atoms with Gasteiger partial charge in [0.05, 0.1) is 5.69 Å². The maximum atomic E-state index is 13.5. The van der Waals surface area contributed by atoms with Crippen molar-refractivity contribution in [3.63, 3.8) is 0 Å². The van der Waals surface area contributed by atoms with Gasteiger partial charge in [0.25, 0.3) is 11.1 Å². The Balaban J connectivity index is 1.71. The van der Waals surface area contributed by atoms with E-state index in [2.05, 4.69) is 12.1 Å². The third-order valence-corrected chi connectivity index (χ3v) is 6.05. The van der Waals surface area contributed by atoms with Crippen molar-refractivity contribution in [2.75, 3.05) is 0 Å². The first-order valence-electron chi connectivity index (χ1n) is 10.0. The number of hydrogen-bond acceptors (Lipinski definition) is 2. The summed E-state index contributed by atoms with van der Waals surface area (Å²) >= 11 is 0. The fraction of sp³-hybridized carbons (Fsp3) is 0.0370. The van der Waals surface area contributed by atoms with Crippen LogP contribution in [0.3, 0.4) is 0 Å². The van der Waals surface area contributed by atoms with Gasteiger partial charge in [0.1, 0.15) is 0 Å². The average Bonchev–Trinajstić information content (AvgIpc) is 3.13. The second-order valence-corrected chi connectivity index (χ2v) is 7.71. The molecule has 6 rings (SSSR count). The van der Waals surface area contributed by atoms with Crippen molar-refractivity contribution in [2.24, 2.45) is 0 Å². The molecule has 30 heavy (non-hydrogen) atoms. The number of benzene rings is 4. The van der Waals surface area contributed by atoms with E-state index in [1.165, 1.54) is 21.3 Å². The van der Waals surface area contributed by atoms with Crippen LogP contribution in [-0.2, 0) is 6.42 Å². The zero-order valence-electron chi connectivity index (χ0n) is 16.1. The first-order valence-corrected chi connectivity index (χ1v) is 10.0. The van der Waals surface area contributed by atoms with Crippen LogP contribution < -0.4 is 11.1 Å². The van der Waals surface area contributed by atoms with Gasteiger partial charge in [0, 0.05) is 10.8 Å². The molecule has 0 unspecified atom stereocenters. The Morgan fingerprint density at radius 2 is 1.07 bits per heavy atom. The van der Waals surface area contributed by atoms with E-state index in [9.17, 15) is 9.59 Å². The molecule has 1 aliphatic rings. The molecule has 3 heteroatoms. The number of rotatable bonds is 1. The summed E-state index contributed by atoms with van der Waals surface area (Å²) in [6.45, 7) is 0. The van der Waals surface area contributed by atoms with Crippen molar-refractivity contribution in [3.8, 4) is 16.8 Å². The Labute approximate surface area is 172 Å². The summed E-state index contributed by atoms with van der Waals surface area (Å²) in [6.07, 6.45) is 0.808. The molecule has 142 valence electrons. The van der Waals surface area contributed by atoms with Gasteiger partial charge in [-0.15, -0.1) is 0 Å². The predicted molar refractivity (Wildman–Crippen MR) is 122 cm³/mol. The SMILES string of the molecule is O=c1c2ccccc2c2ccccc2c(=O)n1-c1ccc2c(c1)Cc1ccccc1-2. The van der Waals surface area contributed by atoms with Gasteiger partial charge >= 0.3 is 0 Å². The zero-order chi connectivity index (χ0) is 20.2. The first kappa shape index (κ1) is 16.9. The third-order valence-electron chi connectivity index (χ3n) is 6.05. The van der Waals surface area contributed by atoms with E-state index in [0.717, 1.165) is 22.8 Å². The lowest BCUT2D eigenvalue weighted by molar-refractivity contribution is 0.972. The summed E-state index contributed by atoms with van der Waals surface area (Å²) in [5.74, 6) is 0. The smallest absolute Gasteiger partial charge is 0.265 e. The van der Waals surface area contributed by atoms with E-state index in [-0.39, 0.29) is 11.1 Å². The molecule has 4 aromatic carbocycles. The van der Waals surface area contributed by atoms with Crippen molar-refractivity contribution in [3.05, 3.63) is 123 Å². The molecular weight excluding hydrogens is 370 g/mol. The van der Waals surface area contributed by atoms with Gasteiger partial charge in [0.15, 0.2) is 0 Å². The fourth-order valence-corrected chi connectivity index (χ4v) is 4.65. The zero-order valence-corrected chi connectivity index (χ0v) is 16.1. The van der Waals surface area contributed by atoms with Crippen LogP contribution >= 0.6 is 0 Å². The molecule has 0 fully saturated rings. The normalized spacial score (nSPS) is 12.1. The minimum absolute atomic E-state index is 0.290. The summed E-state index contributed by atoms with van der Waals surface area (Å²) in [5, 5.41) is 2.67. The van der Waals surface area contributed by atoms with Crippen molar-refractivity contribution in [1.82, 2.24) is 4.57 Å². The summed E-state index contributed by atoms with van der Waals surface area (Å²) in [7, 11) is 0. The highest BCUT2D eigenvalue weighted by Gasteiger charge is 2.19. The van der Waals surface area contributed by atoms with Crippen LogP contribution in [0, 0.1) is 0 Å². The van der Waals surface area contributed by atoms with Crippen LogP contribution in [0.4, 0.5) is 0 Å². The molecule has 0 radical (unpaired) electrons. The average molecular weight is 387 g/mol. The highest BCUT2D eigenvalue weighted by atomic mass is 16.2. The van der Waals surface area contributed by atoms with Gasteiger partial charge < -0.3 is 0 Å². The van der Waals surface area contributed by atoms with Crippen molar-refractivity contribution < 1.29 is 0 Å². The quantitative estimate of drug-likeness (QED) is 0.395. The predicted octanol–water partition coefficient (Wildman–Crippen LogP) is 5.08. The van der Waals surface area contributed by atoms with Gasteiger partial charge in [-0.3, -0.25) is 9.59 Å². The second-order valence-electron chi connectivity index (χ2n) is 7.71. The van der Waals surface area contributed by atoms with E-state index in [0.29, 0.717) is 16.5 Å². The fourth-order valence-electron chi connectivity index (χ4n) is 4.65. The van der Waals surface area contributed by atoms with E-state index < -0.39 is 0 Å². The Morgan fingerprint density at radius 3 is 1.73 bits per heavy atom. The molecule has 0 amide bonds. The molecule has 0 spiro atoms. The molecular formula is C27H17NO2. The van der Waals surface area contributed by atoms with Gasteiger partial charge in [-0.25, -0.2) is 4.57 Å². The standard InChI is InChI=1S/C27H17NO2/c29-26-24-11-5-3-9-22(24)23-10-4-6-12-25(23)27(30)28(26)19-13-14-21-18(16-19)15-17-7-1-2-8-20(17)21/h1-14,16H,15H2. The summed E-state index contributed by atoms with van der Waals surface area (Å²) in [6, 6.07) is 29.1. The van der Waals surface area contributed by atoms with Crippen LogP contribution in [0.25, 0.3) is 38.4 Å². The Hall–Kier alpha value is -3.98.